The van der Waals surface area contributed by atoms with E-state index in [2.05, 4.69) is 4.98 Å². The van der Waals surface area contributed by atoms with Gasteiger partial charge < -0.3 is 9.47 Å². The zero-order valence-corrected chi connectivity index (χ0v) is 14.1. The van der Waals surface area contributed by atoms with Crippen molar-refractivity contribution in [3.63, 3.8) is 0 Å². The summed E-state index contributed by atoms with van der Waals surface area (Å²) in [6.45, 7) is 0. The summed E-state index contributed by atoms with van der Waals surface area (Å²) in [4.78, 5) is 40.4. The van der Waals surface area contributed by atoms with E-state index < -0.39 is 17.2 Å². The van der Waals surface area contributed by atoms with Gasteiger partial charge in [-0.25, -0.2) is 9.59 Å². The van der Waals surface area contributed by atoms with Crippen LogP contribution in [0.5, 0.6) is 11.8 Å². The van der Waals surface area contributed by atoms with Crippen molar-refractivity contribution < 1.29 is 14.3 Å². The van der Waals surface area contributed by atoms with Crippen LogP contribution in [0.2, 0.25) is 0 Å². The predicted octanol–water partition coefficient (Wildman–Crippen LogP) is 0.550. The Hall–Kier alpha value is -3.36. The highest BCUT2D eigenvalue weighted by atomic mass is 16.5. The maximum atomic E-state index is 12.3. The summed E-state index contributed by atoms with van der Waals surface area (Å²) < 4.78 is 14.2. The summed E-state index contributed by atoms with van der Waals surface area (Å²) in [6.07, 6.45) is 0. The molecule has 0 unspecified atom stereocenters. The summed E-state index contributed by atoms with van der Waals surface area (Å²) in [5.74, 6) is -0.327. The number of carbonyl (C=O) groups excluding carboxylic acids is 1. The number of carbonyl (C=O) groups is 1. The van der Waals surface area contributed by atoms with E-state index in [1.807, 2.05) is 0 Å². The van der Waals surface area contributed by atoms with Gasteiger partial charge in [-0.3, -0.25) is 18.5 Å². The van der Waals surface area contributed by atoms with Gasteiger partial charge in [0.1, 0.15) is 11.3 Å². The number of hydrogen-bond donors (Lipinski definition) is 0. The smallest absolute Gasteiger partial charge is 0.341 e. The van der Waals surface area contributed by atoms with Gasteiger partial charge in [0.05, 0.1) is 7.11 Å². The Morgan fingerprint density at radius 1 is 1.04 bits per heavy atom. The first-order chi connectivity index (χ1) is 11.9. The van der Waals surface area contributed by atoms with Gasteiger partial charge >= 0.3 is 17.7 Å². The SMILES string of the molecule is COC(=O)c1ccccc1Oc1nc2c(=O)n(C)c(=O)n(C)c2n1C. The number of fused-ring (bicyclic) bond motifs is 1. The molecule has 0 amide bonds. The Labute approximate surface area is 141 Å². The molecule has 0 atom stereocenters. The van der Waals surface area contributed by atoms with E-state index >= 15 is 0 Å². The average Bonchev–Trinajstić information content (AvgIpc) is 2.94. The molecule has 25 heavy (non-hydrogen) atoms. The molecule has 0 N–H and O–H groups in total. The van der Waals surface area contributed by atoms with Gasteiger partial charge in [-0.05, 0) is 12.1 Å². The number of methoxy groups -OCH3 is 1. The number of hydrogen-bond acceptors (Lipinski definition) is 6. The fraction of sp³-hybridized carbons (Fsp3) is 0.250. The summed E-state index contributed by atoms with van der Waals surface area (Å²) in [5, 5.41) is 0. The van der Waals surface area contributed by atoms with E-state index in [1.165, 1.54) is 30.3 Å². The third kappa shape index (κ3) is 2.49. The van der Waals surface area contributed by atoms with Crippen LogP contribution in [0.1, 0.15) is 10.4 Å². The van der Waals surface area contributed by atoms with Gasteiger partial charge in [-0.1, -0.05) is 12.1 Å². The van der Waals surface area contributed by atoms with Gasteiger partial charge in [0, 0.05) is 21.1 Å². The van der Waals surface area contributed by atoms with Crippen LogP contribution < -0.4 is 16.0 Å². The monoisotopic (exact) mass is 344 g/mol. The van der Waals surface area contributed by atoms with Crippen LogP contribution in [0.3, 0.4) is 0 Å². The fourth-order valence-electron chi connectivity index (χ4n) is 2.58. The minimum Gasteiger partial charge on any atom is -0.465 e. The lowest BCUT2D eigenvalue weighted by atomic mass is 10.2. The molecular formula is C16H16N4O5. The van der Waals surface area contributed by atoms with Crippen molar-refractivity contribution in [3.8, 4) is 11.8 Å². The summed E-state index contributed by atoms with van der Waals surface area (Å²) in [6, 6.07) is 6.58. The van der Waals surface area contributed by atoms with Crippen LogP contribution in [0.15, 0.2) is 33.9 Å². The zero-order chi connectivity index (χ0) is 18.3. The molecule has 9 nitrogen and oxygen atoms in total. The molecule has 9 heteroatoms. The van der Waals surface area contributed by atoms with Gasteiger partial charge in [-0.2, -0.15) is 4.98 Å². The molecule has 2 heterocycles. The highest BCUT2D eigenvalue weighted by molar-refractivity contribution is 5.92. The summed E-state index contributed by atoms with van der Waals surface area (Å²) in [5.41, 5.74) is -0.359. The van der Waals surface area contributed by atoms with E-state index in [4.69, 9.17) is 9.47 Å². The Morgan fingerprint density at radius 3 is 2.40 bits per heavy atom. The molecule has 0 aliphatic rings. The standard InChI is InChI=1S/C16H16N4O5/c1-18-12-11(13(21)20(3)16(23)19(12)2)17-15(18)25-10-8-6-5-7-9(10)14(22)24-4/h5-8H,1-4H3. The number of ether oxygens (including phenoxy) is 2. The molecule has 0 fully saturated rings. The molecule has 3 rings (SSSR count). The van der Waals surface area contributed by atoms with Crippen LogP contribution in [0.25, 0.3) is 11.2 Å². The first-order valence-electron chi connectivity index (χ1n) is 7.34. The highest BCUT2D eigenvalue weighted by Crippen LogP contribution is 2.26. The third-order valence-corrected chi connectivity index (χ3v) is 3.92. The lowest BCUT2D eigenvalue weighted by molar-refractivity contribution is 0.0597. The van der Waals surface area contributed by atoms with Crippen molar-refractivity contribution in [2.75, 3.05) is 7.11 Å². The number of rotatable bonds is 3. The Bertz CT molecular complexity index is 1110. The van der Waals surface area contributed by atoms with Crippen LogP contribution in [0.4, 0.5) is 0 Å². The number of para-hydroxylation sites is 1. The highest BCUT2D eigenvalue weighted by Gasteiger charge is 2.20. The largest absolute Gasteiger partial charge is 0.465 e. The minimum atomic E-state index is -0.558. The van der Waals surface area contributed by atoms with Gasteiger partial charge in [0.15, 0.2) is 11.2 Å². The second-order valence-corrected chi connectivity index (χ2v) is 5.42. The molecule has 0 aliphatic heterocycles. The Balaban J connectivity index is 2.20. The van der Waals surface area contributed by atoms with Crippen LogP contribution >= 0.6 is 0 Å². The van der Waals surface area contributed by atoms with Gasteiger partial charge in [-0.15, -0.1) is 0 Å². The molecule has 130 valence electrons. The molecule has 0 radical (unpaired) electrons. The van der Waals surface area contributed by atoms with Gasteiger partial charge in [0.2, 0.25) is 0 Å². The summed E-state index contributed by atoms with van der Waals surface area (Å²) in [7, 11) is 5.81. The van der Waals surface area contributed by atoms with Crippen molar-refractivity contribution >= 4 is 17.1 Å². The molecule has 3 aromatic rings. The molecule has 0 saturated heterocycles. The quantitative estimate of drug-likeness (QED) is 0.644. The van der Waals surface area contributed by atoms with E-state index in [1.54, 1.807) is 31.3 Å². The van der Waals surface area contributed by atoms with E-state index in [-0.39, 0.29) is 22.8 Å². The van der Waals surface area contributed by atoms with Gasteiger partial charge in [0.25, 0.3) is 5.56 Å². The van der Waals surface area contributed by atoms with Crippen molar-refractivity contribution in [1.29, 1.82) is 0 Å². The van der Waals surface area contributed by atoms with Crippen molar-refractivity contribution in [3.05, 3.63) is 50.7 Å². The molecule has 0 aliphatic carbocycles. The number of benzene rings is 1. The topological polar surface area (TPSA) is 97.4 Å². The van der Waals surface area contributed by atoms with Crippen molar-refractivity contribution in [1.82, 2.24) is 18.7 Å². The molecule has 0 bridgehead atoms. The molecular weight excluding hydrogens is 328 g/mol. The minimum absolute atomic E-state index is 0.0738. The second kappa shape index (κ2) is 5.93. The number of aryl methyl sites for hydroxylation is 2. The number of imidazole rings is 1. The number of esters is 1. The van der Waals surface area contributed by atoms with Crippen molar-refractivity contribution in [2.45, 2.75) is 0 Å². The molecule has 0 saturated carbocycles. The first kappa shape index (κ1) is 16.5. The van der Waals surface area contributed by atoms with E-state index in [0.717, 1.165) is 4.57 Å². The van der Waals surface area contributed by atoms with E-state index in [9.17, 15) is 14.4 Å². The second-order valence-electron chi connectivity index (χ2n) is 5.42. The molecule has 0 spiro atoms. The number of nitrogens with zero attached hydrogens (tertiary/aromatic N) is 4. The number of aromatic nitrogens is 4. The third-order valence-electron chi connectivity index (χ3n) is 3.92. The molecule has 1 aromatic carbocycles. The zero-order valence-electron chi connectivity index (χ0n) is 14.1. The average molecular weight is 344 g/mol. The van der Waals surface area contributed by atoms with Crippen LogP contribution in [-0.2, 0) is 25.9 Å². The van der Waals surface area contributed by atoms with Crippen molar-refractivity contribution in [2.24, 2.45) is 21.1 Å². The van der Waals surface area contributed by atoms with E-state index in [0.29, 0.717) is 5.65 Å². The first-order valence-corrected chi connectivity index (χ1v) is 7.34. The predicted molar refractivity (Wildman–Crippen MR) is 89.1 cm³/mol. The maximum absolute atomic E-state index is 12.3. The lowest BCUT2D eigenvalue weighted by Crippen LogP contribution is -2.37. The van der Waals surface area contributed by atoms with Crippen LogP contribution in [-0.4, -0.2) is 31.8 Å². The fourth-order valence-corrected chi connectivity index (χ4v) is 2.58. The normalized spacial score (nSPS) is 10.9. The lowest BCUT2D eigenvalue weighted by Gasteiger charge is -2.09. The van der Waals surface area contributed by atoms with Crippen LogP contribution in [0, 0.1) is 0 Å². The maximum Gasteiger partial charge on any atom is 0.341 e. The summed E-state index contributed by atoms with van der Waals surface area (Å²) >= 11 is 0. The molecule has 2 aromatic heterocycles. The Kier molecular flexibility index (Phi) is 3.91. The Morgan fingerprint density at radius 2 is 1.72 bits per heavy atom.